The van der Waals surface area contributed by atoms with E-state index in [9.17, 15) is 0 Å². The zero-order chi connectivity index (χ0) is 9.80. The van der Waals surface area contributed by atoms with Crippen molar-refractivity contribution < 1.29 is 0 Å². The summed E-state index contributed by atoms with van der Waals surface area (Å²) in [4.78, 5) is 4.06. The normalized spacial score (nSPS) is 10.4. The second-order valence-corrected chi connectivity index (χ2v) is 3.35. The van der Waals surface area contributed by atoms with Gasteiger partial charge in [0.1, 0.15) is 0 Å². The van der Waals surface area contributed by atoms with Crippen LogP contribution in [0.5, 0.6) is 0 Å². The van der Waals surface area contributed by atoms with Crippen LogP contribution in [-0.2, 0) is 6.42 Å². The maximum absolute atomic E-state index is 4.06. The highest BCUT2D eigenvalue weighted by molar-refractivity contribution is 5.40. The maximum atomic E-state index is 4.06. The summed E-state index contributed by atoms with van der Waals surface area (Å²) in [6.07, 6.45) is 7.92. The van der Waals surface area contributed by atoms with Crippen LogP contribution in [0.3, 0.4) is 0 Å². The second-order valence-electron chi connectivity index (χ2n) is 3.35. The summed E-state index contributed by atoms with van der Waals surface area (Å²) < 4.78 is 2.06. The Morgan fingerprint density at radius 1 is 1.29 bits per heavy atom. The molecule has 0 fully saturated rings. The first kappa shape index (κ1) is 9.00. The zero-order valence-corrected chi connectivity index (χ0v) is 8.35. The molecule has 2 nitrogen and oxygen atoms in total. The summed E-state index contributed by atoms with van der Waals surface area (Å²) in [5.74, 6) is 0. The number of hydrogen-bond donors (Lipinski definition) is 0. The molecule has 72 valence electrons. The van der Waals surface area contributed by atoms with E-state index < -0.39 is 0 Å². The number of para-hydroxylation sites is 1. The van der Waals surface area contributed by atoms with Crippen molar-refractivity contribution >= 4 is 0 Å². The quantitative estimate of drug-likeness (QED) is 0.720. The Morgan fingerprint density at radius 2 is 2.14 bits per heavy atom. The largest absolute Gasteiger partial charge is 0.306 e. The van der Waals surface area contributed by atoms with Gasteiger partial charge in [0.15, 0.2) is 0 Å². The van der Waals surface area contributed by atoms with E-state index in [-0.39, 0.29) is 0 Å². The van der Waals surface area contributed by atoms with Crippen LogP contribution in [-0.4, -0.2) is 9.55 Å². The molecule has 0 bridgehead atoms. The van der Waals surface area contributed by atoms with Gasteiger partial charge in [-0.2, -0.15) is 0 Å². The number of aryl methyl sites for hydroxylation is 1. The third-order valence-corrected chi connectivity index (χ3v) is 2.29. The van der Waals surface area contributed by atoms with Crippen LogP contribution in [0.4, 0.5) is 0 Å². The molecular formula is C12H14N2. The Morgan fingerprint density at radius 3 is 2.86 bits per heavy atom. The third-order valence-electron chi connectivity index (χ3n) is 2.29. The first-order chi connectivity index (χ1) is 6.92. The highest BCUT2D eigenvalue weighted by Gasteiger charge is 2.01. The van der Waals surface area contributed by atoms with Crippen LogP contribution in [0, 0.1) is 0 Å². The molecule has 0 spiro atoms. The lowest BCUT2D eigenvalue weighted by Gasteiger charge is -2.08. The molecule has 0 amide bonds. The Hall–Kier alpha value is -1.57. The van der Waals surface area contributed by atoms with Crippen molar-refractivity contribution in [2.45, 2.75) is 19.8 Å². The lowest BCUT2D eigenvalue weighted by molar-refractivity contribution is 0.898. The third kappa shape index (κ3) is 1.69. The summed E-state index contributed by atoms with van der Waals surface area (Å²) in [6, 6.07) is 8.46. The monoisotopic (exact) mass is 186 g/mol. The van der Waals surface area contributed by atoms with Crippen LogP contribution < -0.4 is 0 Å². The van der Waals surface area contributed by atoms with Crippen molar-refractivity contribution in [2.75, 3.05) is 0 Å². The van der Waals surface area contributed by atoms with Crippen LogP contribution in [0.15, 0.2) is 43.0 Å². The molecule has 0 atom stereocenters. The number of imidazole rings is 1. The van der Waals surface area contributed by atoms with Gasteiger partial charge in [-0.15, -0.1) is 0 Å². The molecule has 0 aliphatic carbocycles. The molecule has 0 aliphatic heterocycles. The van der Waals surface area contributed by atoms with E-state index in [1.54, 1.807) is 0 Å². The van der Waals surface area contributed by atoms with E-state index in [4.69, 9.17) is 0 Å². The Labute approximate surface area is 84.2 Å². The predicted octanol–water partition coefficient (Wildman–Crippen LogP) is 2.82. The van der Waals surface area contributed by atoms with Crippen molar-refractivity contribution in [1.29, 1.82) is 0 Å². The molecular weight excluding hydrogens is 172 g/mol. The molecule has 0 aliphatic rings. The van der Waals surface area contributed by atoms with Gasteiger partial charge in [0.2, 0.25) is 0 Å². The van der Waals surface area contributed by atoms with Gasteiger partial charge in [-0.3, -0.25) is 0 Å². The maximum Gasteiger partial charge on any atom is 0.0991 e. The highest BCUT2D eigenvalue weighted by Crippen LogP contribution is 2.15. The summed E-state index contributed by atoms with van der Waals surface area (Å²) in [5.41, 5.74) is 2.62. The number of hydrogen-bond acceptors (Lipinski definition) is 1. The Balaban J connectivity index is 2.42. The fourth-order valence-corrected chi connectivity index (χ4v) is 1.65. The topological polar surface area (TPSA) is 17.8 Å². The SMILES string of the molecule is CCCc1ccccc1-n1ccnc1. The van der Waals surface area contributed by atoms with Crippen molar-refractivity contribution in [3.63, 3.8) is 0 Å². The number of aromatic nitrogens is 2. The minimum atomic E-state index is 1.12. The molecule has 2 rings (SSSR count). The minimum Gasteiger partial charge on any atom is -0.306 e. The highest BCUT2D eigenvalue weighted by atomic mass is 15.0. The molecule has 14 heavy (non-hydrogen) atoms. The standard InChI is InChI=1S/C12H14N2/c1-2-5-11-6-3-4-7-12(11)14-9-8-13-10-14/h3-4,6-10H,2,5H2,1H3. The minimum absolute atomic E-state index is 1.12. The average Bonchev–Trinajstić information content (AvgIpc) is 2.72. The van der Waals surface area contributed by atoms with E-state index in [1.165, 1.54) is 17.7 Å². The van der Waals surface area contributed by atoms with Gasteiger partial charge in [-0.05, 0) is 18.1 Å². The molecule has 0 radical (unpaired) electrons. The second kappa shape index (κ2) is 4.09. The first-order valence-corrected chi connectivity index (χ1v) is 4.98. The lowest BCUT2D eigenvalue weighted by Crippen LogP contribution is -1.96. The van der Waals surface area contributed by atoms with Gasteiger partial charge >= 0.3 is 0 Å². The van der Waals surface area contributed by atoms with Crippen LogP contribution in [0.25, 0.3) is 5.69 Å². The van der Waals surface area contributed by atoms with E-state index >= 15 is 0 Å². The van der Waals surface area contributed by atoms with Crippen LogP contribution >= 0.6 is 0 Å². The fraction of sp³-hybridized carbons (Fsp3) is 0.250. The number of rotatable bonds is 3. The fourth-order valence-electron chi connectivity index (χ4n) is 1.65. The van der Waals surface area contributed by atoms with Gasteiger partial charge in [-0.1, -0.05) is 31.5 Å². The molecule has 1 heterocycles. The summed E-state index contributed by atoms with van der Waals surface area (Å²) in [5, 5.41) is 0. The van der Waals surface area contributed by atoms with E-state index in [2.05, 4.69) is 40.7 Å². The molecule has 1 aromatic heterocycles. The van der Waals surface area contributed by atoms with Crippen molar-refractivity contribution in [3.05, 3.63) is 48.5 Å². The van der Waals surface area contributed by atoms with Gasteiger partial charge in [0.25, 0.3) is 0 Å². The van der Waals surface area contributed by atoms with E-state index in [1.807, 2.05) is 18.7 Å². The molecule has 0 N–H and O–H groups in total. The molecule has 2 heteroatoms. The van der Waals surface area contributed by atoms with Crippen LogP contribution in [0.1, 0.15) is 18.9 Å². The zero-order valence-electron chi connectivity index (χ0n) is 8.35. The lowest BCUT2D eigenvalue weighted by atomic mass is 10.1. The number of nitrogens with zero attached hydrogens (tertiary/aromatic N) is 2. The Kier molecular flexibility index (Phi) is 2.63. The van der Waals surface area contributed by atoms with Crippen molar-refractivity contribution in [3.8, 4) is 5.69 Å². The molecule has 2 aromatic rings. The van der Waals surface area contributed by atoms with Gasteiger partial charge in [0, 0.05) is 18.1 Å². The van der Waals surface area contributed by atoms with Gasteiger partial charge in [0.05, 0.1) is 6.33 Å². The van der Waals surface area contributed by atoms with Gasteiger partial charge < -0.3 is 4.57 Å². The molecule has 0 saturated heterocycles. The van der Waals surface area contributed by atoms with Crippen molar-refractivity contribution in [1.82, 2.24) is 9.55 Å². The summed E-state index contributed by atoms with van der Waals surface area (Å²) in [7, 11) is 0. The first-order valence-electron chi connectivity index (χ1n) is 4.98. The van der Waals surface area contributed by atoms with Gasteiger partial charge in [-0.25, -0.2) is 4.98 Å². The van der Waals surface area contributed by atoms with Crippen LogP contribution in [0.2, 0.25) is 0 Å². The number of benzene rings is 1. The van der Waals surface area contributed by atoms with E-state index in [0.29, 0.717) is 0 Å². The smallest absolute Gasteiger partial charge is 0.0991 e. The molecule has 0 unspecified atom stereocenters. The predicted molar refractivity (Wildman–Crippen MR) is 57.6 cm³/mol. The summed E-state index contributed by atoms with van der Waals surface area (Å²) >= 11 is 0. The summed E-state index contributed by atoms with van der Waals surface area (Å²) in [6.45, 7) is 2.20. The Bertz CT molecular complexity index is 390. The average molecular weight is 186 g/mol. The van der Waals surface area contributed by atoms with Crippen molar-refractivity contribution in [2.24, 2.45) is 0 Å². The van der Waals surface area contributed by atoms with E-state index in [0.717, 1.165) is 6.42 Å². The molecule has 0 saturated carbocycles. The molecule has 1 aromatic carbocycles.